The van der Waals surface area contributed by atoms with Gasteiger partial charge in [-0.2, -0.15) is 0 Å². The number of carboxylic acids is 1. The number of hydrogen-bond acceptors (Lipinski definition) is 13. The molecule has 0 aliphatic carbocycles. The van der Waals surface area contributed by atoms with Gasteiger partial charge in [0.05, 0.1) is 29.8 Å². The number of aliphatic imine (C=N–C) groups is 1. The highest BCUT2D eigenvalue weighted by Crippen LogP contribution is 2.32. The second-order valence-corrected chi connectivity index (χ2v) is 16.5. The molecule has 3 N–H and O–H groups in total. The number of amides is 3. The van der Waals surface area contributed by atoms with Crippen LogP contribution >= 0.6 is 22.7 Å². The van der Waals surface area contributed by atoms with Gasteiger partial charge >= 0.3 is 30.1 Å². The first-order chi connectivity index (χ1) is 26.8. The number of nitrogens with zero attached hydrogens (tertiary/aromatic N) is 2. The van der Waals surface area contributed by atoms with Gasteiger partial charge in [0.15, 0.2) is 0 Å². The summed E-state index contributed by atoms with van der Waals surface area (Å²) in [6, 6.07) is 12.3. The van der Waals surface area contributed by atoms with Crippen molar-refractivity contribution in [3.8, 4) is 5.75 Å². The number of thiophene rings is 2. The summed E-state index contributed by atoms with van der Waals surface area (Å²) in [4.78, 5) is 81.7. The molecule has 0 bridgehead atoms. The van der Waals surface area contributed by atoms with Gasteiger partial charge in [-0.3, -0.25) is 20.2 Å². The van der Waals surface area contributed by atoms with Gasteiger partial charge in [0.1, 0.15) is 21.8 Å². The van der Waals surface area contributed by atoms with Crippen LogP contribution in [0.4, 0.5) is 15.3 Å². The Morgan fingerprint density at radius 2 is 1.49 bits per heavy atom. The van der Waals surface area contributed by atoms with Crippen LogP contribution in [0.1, 0.15) is 104 Å². The number of fused-ring (bicyclic) bond motifs is 1. The molecule has 17 heteroatoms. The van der Waals surface area contributed by atoms with E-state index < -0.39 is 41.3 Å². The molecule has 57 heavy (non-hydrogen) atoms. The molecular weight excluding hydrogens is 777 g/mol. The summed E-state index contributed by atoms with van der Waals surface area (Å²) in [6.07, 6.45) is -0.151. The lowest BCUT2D eigenvalue weighted by Crippen LogP contribution is -2.47. The first kappa shape index (κ1) is 43.9. The van der Waals surface area contributed by atoms with Crippen molar-refractivity contribution in [3.63, 3.8) is 0 Å². The Morgan fingerprint density at radius 1 is 0.842 bits per heavy atom. The van der Waals surface area contributed by atoms with Crippen LogP contribution in [0.15, 0.2) is 64.3 Å². The molecule has 0 saturated heterocycles. The maximum absolute atomic E-state index is 13.9. The van der Waals surface area contributed by atoms with Crippen LogP contribution in [0.3, 0.4) is 0 Å². The molecule has 0 fully saturated rings. The highest BCUT2D eigenvalue weighted by atomic mass is 32.1. The molecule has 2 aromatic carbocycles. The van der Waals surface area contributed by atoms with Gasteiger partial charge in [-0.05, 0) is 107 Å². The molecule has 0 atom stereocenters. The second kappa shape index (κ2) is 19.4. The van der Waals surface area contributed by atoms with Gasteiger partial charge in [-0.1, -0.05) is 13.3 Å². The Hall–Kier alpha value is -5.81. The van der Waals surface area contributed by atoms with Crippen LogP contribution < -0.4 is 15.4 Å². The number of carbonyl (C=O) groups is 6. The first-order valence-electron chi connectivity index (χ1n) is 18.0. The second-order valence-electron chi connectivity index (χ2n) is 14.6. The fourth-order valence-corrected chi connectivity index (χ4v) is 6.64. The SMILES string of the molecule is CCCCOC(=O)CCN(Cc1csc(C(=O)O)c1)C(=O)c1csc2cc(OC(=O)c3ccc(N=C(NC(=O)OC(C)(C)C)NC(=O)OC(C)(C)C)cc3)ccc12. The summed E-state index contributed by atoms with van der Waals surface area (Å²) in [5.41, 5.74) is -0.181. The fraction of sp³-hybridized carbons (Fsp3) is 0.375. The lowest BCUT2D eigenvalue weighted by molar-refractivity contribution is -0.144. The van der Waals surface area contributed by atoms with Crippen LogP contribution in [0, 0.1) is 0 Å². The lowest BCUT2D eigenvalue weighted by Gasteiger charge is -2.22. The minimum Gasteiger partial charge on any atom is -0.477 e. The van der Waals surface area contributed by atoms with Gasteiger partial charge in [0, 0.05) is 28.6 Å². The zero-order valence-electron chi connectivity index (χ0n) is 32.8. The number of alkyl carbamates (subject to hydrolysis) is 2. The number of nitrogens with one attached hydrogen (secondary N) is 2. The Kier molecular flexibility index (Phi) is 14.9. The maximum atomic E-state index is 13.9. The smallest absolute Gasteiger partial charge is 0.414 e. The van der Waals surface area contributed by atoms with Crippen molar-refractivity contribution < 1.29 is 52.8 Å². The minimum atomic E-state index is -1.07. The van der Waals surface area contributed by atoms with E-state index in [9.17, 15) is 33.9 Å². The molecule has 2 heterocycles. The maximum Gasteiger partial charge on any atom is 0.414 e. The molecule has 15 nitrogen and oxygen atoms in total. The lowest BCUT2D eigenvalue weighted by atomic mass is 10.1. The number of aromatic carboxylic acids is 1. The molecule has 0 aliphatic rings. The van der Waals surface area contributed by atoms with Crippen LogP contribution in [-0.4, -0.2) is 76.3 Å². The van der Waals surface area contributed by atoms with Crippen LogP contribution in [0.5, 0.6) is 5.75 Å². The van der Waals surface area contributed by atoms with E-state index in [-0.39, 0.29) is 53.3 Å². The predicted octanol–water partition coefficient (Wildman–Crippen LogP) is 8.29. The first-order valence-corrected chi connectivity index (χ1v) is 19.7. The van der Waals surface area contributed by atoms with Crippen molar-refractivity contribution in [1.82, 2.24) is 15.5 Å². The van der Waals surface area contributed by atoms with Crippen LogP contribution in [0.25, 0.3) is 10.1 Å². The molecule has 0 aliphatic heterocycles. The topological polar surface area (TPSA) is 199 Å². The highest BCUT2D eigenvalue weighted by Gasteiger charge is 2.24. The number of guanidine groups is 1. The van der Waals surface area contributed by atoms with Crippen LogP contribution in [0.2, 0.25) is 0 Å². The summed E-state index contributed by atoms with van der Waals surface area (Å²) in [7, 11) is 0. The van der Waals surface area contributed by atoms with Crippen molar-refractivity contribution in [2.24, 2.45) is 4.99 Å². The van der Waals surface area contributed by atoms with Crippen molar-refractivity contribution in [2.75, 3.05) is 13.2 Å². The third-order valence-corrected chi connectivity index (χ3v) is 9.35. The van der Waals surface area contributed by atoms with E-state index in [1.54, 1.807) is 70.5 Å². The van der Waals surface area contributed by atoms with E-state index >= 15 is 0 Å². The van der Waals surface area contributed by atoms with Crippen molar-refractivity contribution in [2.45, 2.75) is 85.5 Å². The molecular formula is C40H46N4O11S2. The number of unbranched alkanes of at least 4 members (excludes halogenated alkanes) is 1. The van der Waals surface area contributed by atoms with E-state index in [1.807, 2.05) is 6.92 Å². The summed E-state index contributed by atoms with van der Waals surface area (Å²) in [5.74, 6) is -2.57. The normalized spacial score (nSPS) is 11.3. The highest BCUT2D eigenvalue weighted by molar-refractivity contribution is 7.17. The van der Waals surface area contributed by atoms with Gasteiger partial charge in [-0.15, -0.1) is 22.7 Å². The Bertz CT molecular complexity index is 2090. The number of carboxylic acid groups (broad SMARTS) is 1. The summed E-state index contributed by atoms with van der Waals surface area (Å²) in [5, 5.41) is 18.1. The quantitative estimate of drug-likeness (QED) is 0.0293. The monoisotopic (exact) mass is 822 g/mol. The molecule has 3 amide bonds. The molecule has 0 radical (unpaired) electrons. The molecule has 4 aromatic rings. The van der Waals surface area contributed by atoms with Gasteiger partial charge in [0.25, 0.3) is 5.91 Å². The van der Waals surface area contributed by atoms with E-state index in [0.29, 0.717) is 27.8 Å². The number of hydrogen-bond donors (Lipinski definition) is 3. The third-order valence-electron chi connectivity index (χ3n) is 7.44. The fourth-order valence-electron chi connectivity index (χ4n) is 4.94. The zero-order valence-corrected chi connectivity index (χ0v) is 34.4. The number of esters is 2. The largest absolute Gasteiger partial charge is 0.477 e. The predicted molar refractivity (Wildman–Crippen MR) is 216 cm³/mol. The van der Waals surface area contributed by atoms with Crippen molar-refractivity contribution in [3.05, 3.63) is 80.9 Å². The third kappa shape index (κ3) is 14.0. The molecule has 0 spiro atoms. The van der Waals surface area contributed by atoms with Crippen molar-refractivity contribution in [1.29, 1.82) is 0 Å². The van der Waals surface area contributed by atoms with Gasteiger partial charge in [0.2, 0.25) is 5.96 Å². The summed E-state index contributed by atoms with van der Waals surface area (Å²) >= 11 is 2.33. The number of rotatable bonds is 13. The average Bonchev–Trinajstić information content (AvgIpc) is 3.76. The standard InChI is InChI=1S/C40H46N4O11S2/c1-8-9-18-52-32(45)16-17-44(21-24-19-31(34(47)48)56-22-24)33(46)29-23-57-30-20-27(14-15-28(29)30)53-35(49)25-10-12-26(13-11-25)41-36(42-37(50)54-39(2,3)4)43-38(51)55-40(5,6)7/h10-15,19-20,22-23H,8-9,16-18,21H2,1-7H3,(H,47,48)(H2,41,42,43,50,51). The van der Waals surface area contributed by atoms with E-state index in [4.69, 9.17) is 18.9 Å². The number of ether oxygens (including phenoxy) is 4. The Labute approximate surface area is 338 Å². The molecule has 304 valence electrons. The Balaban J connectivity index is 1.48. The molecule has 0 saturated carbocycles. The minimum absolute atomic E-state index is 0.0337. The molecule has 0 unspecified atom stereocenters. The summed E-state index contributed by atoms with van der Waals surface area (Å²) in [6.45, 7) is 12.5. The zero-order chi connectivity index (χ0) is 41.9. The van der Waals surface area contributed by atoms with E-state index in [1.165, 1.54) is 46.6 Å². The van der Waals surface area contributed by atoms with Gasteiger partial charge < -0.3 is 29.0 Å². The number of benzene rings is 2. The molecule has 2 aromatic heterocycles. The van der Waals surface area contributed by atoms with Crippen molar-refractivity contribution >= 4 is 80.4 Å². The average molecular weight is 823 g/mol. The van der Waals surface area contributed by atoms with Crippen LogP contribution in [-0.2, 0) is 25.5 Å². The Morgan fingerprint density at radius 3 is 2.07 bits per heavy atom. The van der Waals surface area contributed by atoms with Gasteiger partial charge in [-0.25, -0.2) is 24.2 Å². The van der Waals surface area contributed by atoms with E-state index in [2.05, 4.69) is 15.6 Å². The summed E-state index contributed by atoms with van der Waals surface area (Å²) < 4.78 is 22.1. The van der Waals surface area contributed by atoms with E-state index in [0.717, 1.165) is 24.2 Å². The molecule has 4 rings (SSSR count). The number of carbonyl (C=O) groups excluding carboxylic acids is 5.